The van der Waals surface area contributed by atoms with Crippen molar-refractivity contribution in [1.82, 2.24) is 25.4 Å². The summed E-state index contributed by atoms with van der Waals surface area (Å²) in [6, 6.07) is 10.1. The molecule has 0 saturated heterocycles. The average molecular weight is 404 g/mol. The molecule has 2 aromatic heterocycles. The van der Waals surface area contributed by atoms with Crippen molar-refractivity contribution in [3.63, 3.8) is 0 Å². The average Bonchev–Trinajstić information content (AvgIpc) is 3.38. The number of H-pyrrole nitrogens is 1. The maximum atomic E-state index is 12.2. The predicted molar refractivity (Wildman–Crippen MR) is 104 cm³/mol. The zero-order chi connectivity index (χ0) is 20.6. The molecule has 29 heavy (non-hydrogen) atoms. The van der Waals surface area contributed by atoms with Gasteiger partial charge in [0.25, 0.3) is 0 Å². The first-order valence-electron chi connectivity index (χ1n) is 8.96. The van der Waals surface area contributed by atoms with Gasteiger partial charge in [-0.05, 0) is 29.8 Å². The Morgan fingerprint density at radius 1 is 1.31 bits per heavy atom. The molecule has 0 aliphatic heterocycles. The molecule has 1 aromatic carbocycles. The second-order valence-electron chi connectivity index (χ2n) is 6.19. The molecule has 0 radical (unpaired) electrons. The van der Waals surface area contributed by atoms with Crippen LogP contribution in [-0.2, 0) is 13.0 Å². The van der Waals surface area contributed by atoms with Crippen molar-refractivity contribution >= 4 is 5.96 Å². The number of rotatable bonds is 8. The molecule has 154 valence electrons. The summed E-state index contributed by atoms with van der Waals surface area (Å²) < 4.78 is 34.1. The molecule has 0 aliphatic rings. The fourth-order valence-electron chi connectivity index (χ4n) is 2.73. The maximum Gasteiger partial charge on any atom is 0.387 e. The molecule has 0 saturated carbocycles. The van der Waals surface area contributed by atoms with Crippen LogP contribution in [0, 0.1) is 0 Å². The largest absolute Gasteiger partial charge is 0.461 e. The zero-order valence-electron chi connectivity index (χ0n) is 16.1. The quantitative estimate of drug-likeness (QED) is 0.443. The number of nitrogens with zero attached hydrogens (tertiary/aromatic N) is 4. The molecule has 3 aromatic rings. The minimum absolute atomic E-state index is 0.134. The number of hydrogen-bond donors (Lipinski definition) is 2. The van der Waals surface area contributed by atoms with Crippen LogP contribution in [0.3, 0.4) is 0 Å². The Labute approximate surface area is 166 Å². The van der Waals surface area contributed by atoms with E-state index in [2.05, 4.69) is 30.2 Å². The molecule has 0 fully saturated rings. The topological polar surface area (TPSA) is 91.6 Å². The first kappa shape index (κ1) is 20.3. The van der Waals surface area contributed by atoms with E-state index >= 15 is 0 Å². The Hall–Kier alpha value is -3.43. The van der Waals surface area contributed by atoms with Gasteiger partial charge in [0.05, 0.1) is 6.26 Å². The normalized spacial score (nSPS) is 11.7. The molecular weight excluding hydrogens is 382 g/mol. The predicted octanol–water partition coefficient (Wildman–Crippen LogP) is 2.92. The number of alkyl halides is 2. The van der Waals surface area contributed by atoms with Crippen LogP contribution in [0.1, 0.15) is 11.4 Å². The van der Waals surface area contributed by atoms with E-state index in [1.54, 1.807) is 37.6 Å². The van der Waals surface area contributed by atoms with Crippen LogP contribution in [-0.4, -0.2) is 53.3 Å². The summed E-state index contributed by atoms with van der Waals surface area (Å²) in [5.74, 6) is 2.70. The monoisotopic (exact) mass is 404 g/mol. The summed E-state index contributed by atoms with van der Waals surface area (Å²) in [6.45, 7) is -1.67. The van der Waals surface area contributed by atoms with Gasteiger partial charge in [-0.15, -0.1) is 0 Å². The smallest absolute Gasteiger partial charge is 0.387 e. The Kier molecular flexibility index (Phi) is 6.77. The molecule has 10 heteroatoms. The molecule has 3 rings (SSSR count). The molecule has 0 atom stereocenters. The summed E-state index contributed by atoms with van der Waals surface area (Å²) in [5.41, 5.74) is 0.940. The SMILES string of the molecule is CN=C(NCCc1nc(-c2ccco2)n[nH]1)N(C)Cc1ccc(OC(F)F)cc1. The summed E-state index contributed by atoms with van der Waals surface area (Å²) >= 11 is 0. The summed E-state index contributed by atoms with van der Waals surface area (Å²) in [6.07, 6.45) is 2.20. The lowest BCUT2D eigenvalue weighted by atomic mass is 10.2. The number of benzene rings is 1. The third-order valence-electron chi connectivity index (χ3n) is 4.06. The van der Waals surface area contributed by atoms with Crippen LogP contribution in [0.5, 0.6) is 5.75 Å². The standard InChI is InChI=1S/C19H22F2N6O2/c1-22-19(27(2)12-13-5-7-14(8-6-13)29-18(20)21)23-10-9-16-24-17(26-25-16)15-4-3-11-28-15/h3-8,11,18H,9-10,12H2,1-2H3,(H,22,23)(H,24,25,26). The molecule has 0 unspecified atom stereocenters. The number of nitrogens with one attached hydrogen (secondary N) is 2. The first-order valence-corrected chi connectivity index (χ1v) is 8.96. The number of halogens is 2. The minimum atomic E-state index is -2.83. The Morgan fingerprint density at radius 3 is 2.76 bits per heavy atom. The first-order chi connectivity index (χ1) is 14.0. The minimum Gasteiger partial charge on any atom is -0.461 e. The van der Waals surface area contributed by atoms with Crippen molar-refractivity contribution in [2.75, 3.05) is 20.6 Å². The highest BCUT2D eigenvalue weighted by atomic mass is 19.3. The van der Waals surface area contributed by atoms with Gasteiger partial charge in [-0.2, -0.15) is 13.9 Å². The molecular formula is C19H22F2N6O2. The summed E-state index contributed by atoms with van der Waals surface area (Å²) in [7, 11) is 3.59. The van der Waals surface area contributed by atoms with E-state index < -0.39 is 6.61 Å². The lowest BCUT2D eigenvalue weighted by Crippen LogP contribution is -2.39. The summed E-state index contributed by atoms with van der Waals surface area (Å²) in [4.78, 5) is 10.6. The highest BCUT2D eigenvalue weighted by Gasteiger charge is 2.10. The van der Waals surface area contributed by atoms with E-state index in [0.29, 0.717) is 37.1 Å². The van der Waals surface area contributed by atoms with Crippen LogP contribution in [0.2, 0.25) is 0 Å². The van der Waals surface area contributed by atoms with Gasteiger partial charge in [0.1, 0.15) is 11.6 Å². The van der Waals surface area contributed by atoms with Crippen molar-refractivity contribution in [3.8, 4) is 17.3 Å². The van der Waals surface area contributed by atoms with Gasteiger partial charge in [-0.3, -0.25) is 10.1 Å². The summed E-state index contributed by atoms with van der Waals surface area (Å²) in [5, 5.41) is 10.3. The van der Waals surface area contributed by atoms with Gasteiger partial charge in [0.2, 0.25) is 5.82 Å². The zero-order valence-corrected chi connectivity index (χ0v) is 16.1. The molecule has 0 spiro atoms. The Morgan fingerprint density at radius 2 is 2.10 bits per heavy atom. The van der Waals surface area contributed by atoms with Crippen LogP contribution >= 0.6 is 0 Å². The highest BCUT2D eigenvalue weighted by molar-refractivity contribution is 5.79. The molecule has 0 aliphatic carbocycles. The van der Waals surface area contributed by atoms with Crippen LogP contribution in [0.25, 0.3) is 11.6 Å². The van der Waals surface area contributed by atoms with Crippen molar-refractivity contribution in [2.24, 2.45) is 4.99 Å². The lowest BCUT2D eigenvalue weighted by molar-refractivity contribution is -0.0498. The number of aromatic nitrogens is 3. The molecule has 8 nitrogen and oxygen atoms in total. The third-order valence-corrected chi connectivity index (χ3v) is 4.06. The fraction of sp³-hybridized carbons (Fsp3) is 0.316. The lowest BCUT2D eigenvalue weighted by Gasteiger charge is -2.22. The van der Waals surface area contributed by atoms with E-state index in [-0.39, 0.29) is 5.75 Å². The van der Waals surface area contributed by atoms with Gasteiger partial charge < -0.3 is 19.4 Å². The molecule has 0 bridgehead atoms. The van der Waals surface area contributed by atoms with Gasteiger partial charge in [-0.1, -0.05) is 12.1 Å². The third kappa shape index (κ3) is 5.77. The molecule has 0 amide bonds. The molecule has 2 N–H and O–H groups in total. The number of guanidine groups is 1. The Bertz CT molecular complexity index is 909. The van der Waals surface area contributed by atoms with E-state index in [1.807, 2.05) is 11.9 Å². The fourth-order valence-corrected chi connectivity index (χ4v) is 2.73. The van der Waals surface area contributed by atoms with Gasteiger partial charge >= 0.3 is 6.61 Å². The van der Waals surface area contributed by atoms with E-state index in [4.69, 9.17) is 4.42 Å². The second-order valence-corrected chi connectivity index (χ2v) is 6.19. The number of hydrogen-bond acceptors (Lipinski definition) is 5. The van der Waals surface area contributed by atoms with E-state index in [0.717, 1.165) is 11.4 Å². The number of aromatic amines is 1. The van der Waals surface area contributed by atoms with Gasteiger partial charge in [-0.25, -0.2) is 4.98 Å². The van der Waals surface area contributed by atoms with Crippen molar-refractivity contribution in [1.29, 1.82) is 0 Å². The maximum absolute atomic E-state index is 12.2. The van der Waals surface area contributed by atoms with Gasteiger partial charge in [0, 0.05) is 33.6 Å². The van der Waals surface area contributed by atoms with E-state index in [9.17, 15) is 8.78 Å². The second kappa shape index (κ2) is 9.67. The highest BCUT2D eigenvalue weighted by Crippen LogP contribution is 2.16. The van der Waals surface area contributed by atoms with Crippen LogP contribution in [0.15, 0.2) is 52.1 Å². The van der Waals surface area contributed by atoms with Crippen LogP contribution < -0.4 is 10.1 Å². The number of ether oxygens (including phenoxy) is 1. The van der Waals surface area contributed by atoms with E-state index in [1.165, 1.54) is 12.1 Å². The Balaban J connectivity index is 1.48. The van der Waals surface area contributed by atoms with Crippen LogP contribution in [0.4, 0.5) is 8.78 Å². The van der Waals surface area contributed by atoms with Crippen molar-refractivity contribution < 1.29 is 17.9 Å². The van der Waals surface area contributed by atoms with Gasteiger partial charge in [0.15, 0.2) is 11.7 Å². The van der Waals surface area contributed by atoms with Crippen molar-refractivity contribution in [2.45, 2.75) is 19.6 Å². The molecule has 2 heterocycles. The number of furan rings is 1. The van der Waals surface area contributed by atoms with Crippen molar-refractivity contribution in [3.05, 3.63) is 54.0 Å². The number of aliphatic imine (C=N–C) groups is 1.